The van der Waals surface area contributed by atoms with Crippen molar-refractivity contribution >= 4 is 23.5 Å². The Bertz CT molecular complexity index is 477. The predicted octanol–water partition coefficient (Wildman–Crippen LogP) is 1.10. The number of rotatable bonds is 4. The van der Waals surface area contributed by atoms with E-state index in [4.69, 9.17) is 21.4 Å². The smallest absolute Gasteiger partial charge is 0.332 e. The molecular formula is C12H13ClN2O4. The van der Waals surface area contributed by atoms with Crippen molar-refractivity contribution in [3.05, 3.63) is 29.0 Å². The monoisotopic (exact) mass is 284 g/mol. The molecule has 2 heterocycles. The third-order valence-corrected chi connectivity index (χ3v) is 3.09. The third kappa shape index (κ3) is 3.65. The van der Waals surface area contributed by atoms with E-state index in [9.17, 15) is 9.59 Å². The lowest BCUT2D eigenvalue weighted by Gasteiger charge is -2.12. The number of hydrogen-bond acceptors (Lipinski definition) is 4. The molecular weight excluding hydrogens is 272 g/mol. The number of nitrogens with one attached hydrogen (secondary N) is 1. The van der Waals surface area contributed by atoms with Gasteiger partial charge in [-0.1, -0.05) is 11.6 Å². The first-order valence-electron chi connectivity index (χ1n) is 5.84. The fourth-order valence-electron chi connectivity index (χ4n) is 1.86. The van der Waals surface area contributed by atoms with Crippen LogP contribution in [-0.4, -0.2) is 40.7 Å². The molecule has 0 saturated carbocycles. The maximum absolute atomic E-state index is 11.8. The normalized spacial score (nSPS) is 22.2. The second-order valence-corrected chi connectivity index (χ2v) is 4.63. The summed E-state index contributed by atoms with van der Waals surface area (Å²) in [4.78, 5) is 26.3. The van der Waals surface area contributed by atoms with E-state index in [-0.39, 0.29) is 18.6 Å². The molecule has 0 aliphatic carbocycles. The first-order chi connectivity index (χ1) is 9.06. The lowest BCUT2D eigenvalue weighted by atomic mass is 10.2. The maximum Gasteiger partial charge on any atom is 0.332 e. The topological polar surface area (TPSA) is 88.5 Å². The second-order valence-electron chi connectivity index (χ2n) is 4.24. The number of carboxylic acid groups (broad SMARTS) is 1. The van der Waals surface area contributed by atoms with E-state index in [1.165, 1.54) is 12.3 Å². The zero-order chi connectivity index (χ0) is 13.8. The number of ether oxygens (including phenoxy) is 1. The molecule has 1 aliphatic rings. The van der Waals surface area contributed by atoms with Crippen molar-refractivity contribution in [1.29, 1.82) is 0 Å². The highest BCUT2D eigenvalue weighted by Gasteiger charge is 2.30. The molecule has 2 rings (SSSR count). The van der Waals surface area contributed by atoms with Gasteiger partial charge >= 0.3 is 5.97 Å². The number of halogens is 1. The lowest BCUT2D eigenvalue weighted by Crippen LogP contribution is -2.33. The van der Waals surface area contributed by atoms with Crippen molar-refractivity contribution in [2.75, 3.05) is 6.54 Å². The van der Waals surface area contributed by atoms with Crippen LogP contribution >= 0.6 is 11.6 Å². The van der Waals surface area contributed by atoms with Crippen LogP contribution in [0.1, 0.15) is 23.2 Å². The highest BCUT2D eigenvalue weighted by atomic mass is 35.5. The van der Waals surface area contributed by atoms with E-state index in [1.807, 2.05) is 0 Å². The molecule has 1 saturated heterocycles. The van der Waals surface area contributed by atoms with E-state index in [1.54, 1.807) is 6.07 Å². The SMILES string of the molecule is O=C(NCC1CCC(C(=O)O)O1)c1ccc(Cl)nc1. The van der Waals surface area contributed by atoms with Crippen LogP contribution < -0.4 is 5.32 Å². The number of pyridine rings is 1. The number of aliphatic carboxylic acids is 1. The lowest BCUT2D eigenvalue weighted by molar-refractivity contribution is -0.149. The van der Waals surface area contributed by atoms with Gasteiger partial charge in [0.15, 0.2) is 6.10 Å². The molecule has 2 N–H and O–H groups in total. The minimum absolute atomic E-state index is 0.259. The Morgan fingerprint density at radius 3 is 2.84 bits per heavy atom. The Labute approximate surface area is 114 Å². The fraction of sp³-hybridized carbons (Fsp3) is 0.417. The zero-order valence-electron chi connectivity index (χ0n) is 10.0. The molecule has 0 aromatic carbocycles. The minimum Gasteiger partial charge on any atom is -0.479 e. The van der Waals surface area contributed by atoms with Crippen molar-refractivity contribution in [3.63, 3.8) is 0 Å². The van der Waals surface area contributed by atoms with Gasteiger partial charge in [0.25, 0.3) is 5.91 Å². The van der Waals surface area contributed by atoms with Crippen molar-refractivity contribution in [2.24, 2.45) is 0 Å². The summed E-state index contributed by atoms with van der Waals surface area (Å²) in [6, 6.07) is 3.10. The molecule has 102 valence electrons. The number of amides is 1. The molecule has 0 bridgehead atoms. The first kappa shape index (κ1) is 13.8. The Morgan fingerprint density at radius 2 is 2.26 bits per heavy atom. The van der Waals surface area contributed by atoms with Gasteiger partial charge in [-0.15, -0.1) is 0 Å². The van der Waals surface area contributed by atoms with Gasteiger partial charge in [0.1, 0.15) is 5.15 Å². The predicted molar refractivity (Wildman–Crippen MR) is 67.1 cm³/mol. The standard InChI is InChI=1S/C12H13ClN2O4/c13-10-4-1-7(5-14-10)11(16)15-6-8-2-3-9(19-8)12(17)18/h1,4-5,8-9H,2-3,6H2,(H,15,16)(H,17,18). The molecule has 6 nitrogen and oxygen atoms in total. The van der Waals surface area contributed by atoms with Crippen molar-refractivity contribution in [2.45, 2.75) is 25.0 Å². The number of aromatic nitrogens is 1. The fourth-order valence-corrected chi connectivity index (χ4v) is 1.97. The molecule has 19 heavy (non-hydrogen) atoms. The third-order valence-electron chi connectivity index (χ3n) is 2.86. The molecule has 2 atom stereocenters. The summed E-state index contributed by atoms with van der Waals surface area (Å²) in [6.07, 6.45) is 1.45. The summed E-state index contributed by atoms with van der Waals surface area (Å²) in [7, 11) is 0. The number of carbonyl (C=O) groups excluding carboxylic acids is 1. The summed E-state index contributed by atoms with van der Waals surface area (Å²) in [5, 5.41) is 11.8. The number of hydrogen-bond donors (Lipinski definition) is 2. The van der Waals surface area contributed by atoms with Gasteiger partial charge in [0, 0.05) is 12.7 Å². The molecule has 7 heteroatoms. The Hall–Kier alpha value is -1.66. The van der Waals surface area contributed by atoms with Gasteiger partial charge in [0.2, 0.25) is 0 Å². The van der Waals surface area contributed by atoms with Gasteiger partial charge in [-0.2, -0.15) is 0 Å². The summed E-state index contributed by atoms with van der Waals surface area (Å²) in [5.74, 6) is -1.25. The zero-order valence-corrected chi connectivity index (χ0v) is 10.8. The van der Waals surface area contributed by atoms with Crippen molar-refractivity contribution in [3.8, 4) is 0 Å². The van der Waals surface area contributed by atoms with E-state index >= 15 is 0 Å². The summed E-state index contributed by atoms with van der Waals surface area (Å²) in [6.45, 7) is 0.283. The Morgan fingerprint density at radius 1 is 1.47 bits per heavy atom. The van der Waals surface area contributed by atoms with Crippen LogP contribution in [0.4, 0.5) is 0 Å². The van der Waals surface area contributed by atoms with Gasteiger partial charge in [-0.3, -0.25) is 4.79 Å². The molecule has 2 unspecified atom stereocenters. The highest BCUT2D eigenvalue weighted by molar-refractivity contribution is 6.29. The van der Waals surface area contributed by atoms with E-state index in [0.717, 1.165) is 0 Å². The number of carboxylic acids is 1. The average Bonchev–Trinajstić information content (AvgIpc) is 2.86. The largest absolute Gasteiger partial charge is 0.479 e. The molecule has 0 radical (unpaired) electrons. The van der Waals surface area contributed by atoms with Crippen molar-refractivity contribution < 1.29 is 19.4 Å². The summed E-state index contributed by atoms with van der Waals surface area (Å²) >= 11 is 5.62. The van der Waals surface area contributed by atoms with E-state index < -0.39 is 12.1 Å². The second kappa shape index (κ2) is 5.99. The van der Waals surface area contributed by atoms with Crippen LogP contribution in [0, 0.1) is 0 Å². The van der Waals surface area contributed by atoms with Crippen LogP contribution in [0.25, 0.3) is 0 Å². The van der Waals surface area contributed by atoms with Gasteiger partial charge in [-0.25, -0.2) is 9.78 Å². The molecule has 1 aromatic heterocycles. The minimum atomic E-state index is -0.962. The quantitative estimate of drug-likeness (QED) is 0.808. The molecule has 1 aromatic rings. The summed E-state index contributed by atoms with van der Waals surface area (Å²) < 4.78 is 5.28. The van der Waals surface area contributed by atoms with Crippen LogP contribution in [0.3, 0.4) is 0 Å². The average molecular weight is 285 g/mol. The van der Waals surface area contributed by atoms with Gasteiger partial charge in [0.05, 0.1) is 11.7 Å². The van der Waals surface area contributed by atoms with Gasteiger partial charge < -0.3 is 15.2 Å². The maximum atomic E-state index is 11.8. The summed E-state index contributed by atoms with van der Waals surface area (Å²) in [5.41, 5.74) is 0.400. The van der Waals surface area contributed by atoms with Crippen LogP contribution in [0.15, 0.2) is 18.3 Å². The first-order valence-corrected chi connectivity index (χ1v) is 6.22. The van der Waals surface area contributed by atoms with E-state index in [2.05, 4.69) is 10.3 Å². The molecule has 1 fully saturated rings. The molecule has 0 spiro atoms. The van der Waals surface area contributed by atoms with Crippen LogP contribution in [-0.2, 0) is 9.53 Å². The van der Waals surface area contributed by atoms with E-state index in [0.29, 0.717) is 23.6 Å². The number of nitrogens with zero attached hydrogens (tertiary/aromatic N) is 1. The molecule has 1 amide bonds. The molecule has 1 aliphatic heterocycles. The van der Waals surface area contributed by atoms with Crippen LogP contribution in [0.5, 0.6) is 0 Å². The number of carbonyl (C=O) groups is 2. The Kier molecular flexibility index (Phi) is 4.34. The van der Waals surface area contributed by atoms with Crippen molar-refractivity contribution in [1.82, 2.24) is 10.3 Å². The van der Waals surface area contributed by atoms with Crippen LogP contribution in [0.2, 0.25) is 5.15 Å². The van der Waals surface area contributed by atoms with Gasteiger partial charge in [-0.05, 0) is 25.0 Å². The Balaban J connectivity index is 1.81. The highest BCUT2D eigenvalue weighted by Crippen LogP contribution is 2.19.